The number of aryl methyl sites for hydroxylation is 1. The Hall–Kier alpha value is -1.28. The van der Waals surface area contributed by atoms with Crippen molar-refractivity contribution in [2.75, 3.05) is 5.73 Å². The lowest BCUT2D eigenvalue weighted by Gasteiger charge is -2.13. The van der Waals surface area contributed by atoms with Crippen molar-refractivity contribution in [2.24, 2.45) is 5.73 Å². The quantitative estimate of drug-likeness (QED) is 0.550. The standard InChI is InChI=1S/C12H16N2/c1-2-11(13)10-7-6-8-4-3-5-9(8)12(10)14/h2,6-7,11H,1,3-5,13-14H2/t11-/m1/s1. The van der Waals surface area contributed by atoms with Gasteiger partial charge in [0.15, 0.2) is 0 Å². The van der Waals surface area contributed by atoms with Crippen LogP contribution in [0.15, 0.2) is 24.8 Å². The van der Waals surface area contributed by atoms with Gasteiger partial charge in [-0.15, -0.1) is 6.58 Å². The molecular weight excluding hydrogens is 172 g/mol. The topological polar surface area (TPSA) is 52.0 Å². The summed E-state index contributed by atoms with van der Waals surface area (Å²) in [5.74, 6) is 0. The molecule has 0 aromatic heterocycles. The molecule has 1 aliphatic carbocycles. The monoisotopic (exact) mass is 188 g/mol. The summed E-state index contributed by atoms with van der Waals surface area (Å²) in [4.78, 5) is 0. The Kier molecular flexibility index (Phi) is 2.30. The number of nitrogens with two attached hydrogens (primary N) is 2. The van der Waals surface area contributed by atoms with E-state index in [2.05, 4.69) is 12.6 Å². The molecule has 1 aromatic carbocycles. The number of nitrogen functional groups attached to an aromatic ring is 1. The molecule has 0 saturated carbocycles. The van der Waals surface area contributed by atoms with E-state index in [0.717, 1.165) is 24.1 Å². The second-order valence-electron chi connectivity index (χ2n) is 3.82. The third-order valence-electron chi connectivity index (χ3n) is 2.97. The van der Waals surface area contributed by atoms with Gasteiger partial charge in [-0.05, 0) is 36.0 Å². The molecule has 0 spiro atoms. The molecule has 2 rings (SSSR count). The Morgan fingerprint density at radius 1 is 1.36 bits per heavy atom. The van der Waals surface area contributed by atoms with E-state index in [0.29, 0.717) is 0 Å². The highest BCUT2D eigenvalue weighted by Gasteiger charge is 2.17. The summed E-state index contributed by atoms with van der Waals surface area (Å²) in [5, 5.41) is 0. The lowest BCUT2D eigenvalue weighted by Crippen LogP contribution is -2.11. The van der Waals surface area contributed by atoms with Crippen LogP contribution in [0.4, 0.5) is 5.69 Å². The maximum atomic E-state index is 6.08. The van der Waals surface area contributed by atoms with Crippen LogP contribution in [0, 0.1) is 0 Å². The second kappa shape index (κ2) is 3.46. The van der Waals surface area contributed by atoms with E-state index < -0.39 is 0 Å². The second-order valence-corrected chi connectivity index (χ2v) is 3.82. The minimum atomic E-state index is -0.138. The van der Waals surface area contributed by atoms with Crippen LogP contribution in [-0.2, 0) is 12.8 Å². The average Bonchev–Trinajstić information content (AvgIpc) is 2.66. The molecular formula is C12H16N2. The molecule has 1 aromatic rings. The Morgan fingerprint density at radius 2 is 2.14 bits per heavy atom. The molecule has 1 aliphatic rings. The summed E-state index contributed by atoms with van der Waals surface area (Å²) in [7, 11) is 0. The Balaban J connectivity index is 2.49. The highest BCUT2D eigenvalue weighted by molar-refractivity contribution is 5.60. The maximum Gasteiger partial charge on any atom is 0.0499 e. The Morgan fingerprint density at radius 3 is 2.86 bits per heavy atom. The molecule has 14 heavy (non-hydrogen) atoms. The first-order valence-electron chi connectivity index (χ1n) is 5.02. The SMILES string of the molecule is C=C[C@@H](N)c1ccc2c(c1N)CCC2. The average molecular weight is 188 g/mol. The summed E-state index contributed by atoms with van der Waals surface area (Å²) in [6.07, 6.45) is 5.20. The first kappa shape index (κ1) is 9.28. The third-order valence-corrected chi connectivity index (χ3v) is 2.97. The van der Waals surface area contributed by atoms with Crippen LogP contribution < -0.4 is 11.5 Å². The summed E-state index contributed by atoms with van der Waals surface area (Å²) in [5.41, 5.74) is 16.6. The van der Waals surface area contributed by atoms with Gasteiger partial charge < -0.3 is 11.5 Å². The van der Waals surface area contributed by atoms with Gasteiger partial charge in [0.1, 0.15) is 0 Å². The number of rotatable bonds is 2. The van der Waals surface area contributed by atoms with E-state index in [4.69, 9.17) is 11.5 Å². The summed E-state index contributed by atoms with van der Waals surface area (Å²) in [6.45, 7) is 3.69. The molecule has 0 unspecified atom stereocenters. The highest BCUT2D eigenvalue weighted by Crippen LogP contribution is 2.32. The maximum absolute atomic E-state index is 6.08. The summed E-state index contributed by atoms with van der Waals surface area (Å²) >= 11 is 0. The van der Waals surface area contributed by atoms with Crippen LogP contribution in [0.2, 0.25) is 0 Å². The van der Waals surface area contributed by atoms with Crippen molar-refractivity contribution in [2.45, 2.75) is 25.3 Å². The summed E-state index contributed by atoms with van der Waals surface area (Å²) < 4.78 is 0. The molecule has 74 valence electrons. The van der Waals surface area contributed by atoms with Crippen molar-refractivity contribution in [1.29, 1.82) is 0 Å². The van der Waals surface area contributed by atoms with Crippen LogP contribution >= 0.6 is 0 Å². The van der Waals surface area contributed by atoms with Gasteiger partial charge >= 0.3 is 0 Å². The van der Waals surface area contributed by atoms with Gasteiger partial charge in [-0.2, -0.15) is 0 Å². The lowest BCUT2D eigenvalue weighted by molar-refractivity contribution is 0.905. The number of benzene rings is 1. The Labute approximate surface area is 84.6 Å². The predicted molar refractivity (Wildman–Crippen MR) is 60.0 cm³/mol. The molecule has 2 heteroatoms. The lowest BCUT2D eigenvalue weighted by atomic mass is 9.98. The zero-order chi connectivity index (χ0) is 10.1. The van der Waals surface area contributed by atoms with E-state index >= 15 is 0 Å². The van der Waals surface area contributed by atoms with Gasteiger partial charge in [0.05, 0.1) is 0 Å². The normalized spacial score (nSPS) is 16.4. The molecule has 0 fully saturated rings. The number of anilines is 1. The molecule has 0 bridgehead atoms. The van der Waals surface area contributed by atoms with Crippen LogP contribution in [0.25, 0.3) is 0 Å². The first-order chi connectivity index (χ1) is 6.74. The van der Waals surface area contributed by atoms with Crippen LogP contribution in [0.3, 0.4) is 0 Å². The van der Waals surface area contributed by atoms with Gasteiger partial charge in [-0.3, -0.25) is 0 Å². The zero-order valence-corrected chi connectivity index (χ0v) is 8.29. The van der Waals surface area contributed by atoms with Gasteiger partial charge in [0, 0.05) is 11.7 Å². The van der Waals surface area contributed by atoms with Gasteiger partial charge in [-0.1, -0.05) is 18.2 Å². The fourth-order valence-corrected chi connectivity index (χ4v) is 2.13. The minimum Gasteiger partial charge on any atom is -0.398 e. The predicted octanol–water partition coefficient (Wildman–Crippen LogP) is 1.94. The number of fused-ring (bicyclic) bond motifs is 1. The molecule has 0 saturated heterocycles. The van der Waals surface area contributed by atoms with E-state index in [9.17, 15) is 0 Å². The van der Waals surface area contributed by atoms with E-state index in [1.54, 1.807) is 6.08 Å². The molecule has 4 N–H and O–H groups in total. The van der Waals surface area contributed by atoms with E-state index in [1.165, 1.54) is 17.5 Å². The fraction of sp³-hybridized carbons (Fsp3) is 0.333. The first-order valence-corrected chi connectivity index (χ1v) is 5.02. The third kappa shape index (κ3) is 1.32. The van der Waals surface area contributed by atoms with Gasteiger partial charge in [0.2, 0.25) is 0 Å². The summed E-state index contributed by atoms with van der Waals surface area (Å²) in [6, 6.07) is 4.05. The van der Waals surface area contributed by atoms with Crippen molar-refractivity contribution >= 4 is 5.69 Å². The van der Waals surface area contributed by atoms with Crippen molar-refractivity contribution in [3.8, 4) is 0 Å². The molecule has 0 heterocycles. The molecule has 0 amide bonds. The largest absolute Gasteiger partial charge is 0.398 e. The number of hydrogen-bond acceptors (Lipinski definition) is 2. The molecule has 1 atom stereocenters. The van der Waals surface area contributed by atoms with Crippen LogP contribution in [0.1, 0.15) is 29.2 Å². The molecule has 0 radical (unpaired) electrons. The van der Waals surface area contributed by atoms with E-state index in [1.807, 2.05) is 6.07 Å². The molecule has 0 aliphatic heterocycles. The number of hydrogen-bond donors (Lipinski definition) is 2. The van der Waals surface area contributed by atoms with Crippen molar-refractivity contribution in [1.82, 2.24) is 0 Å². The van der Waals surface area contributed by atoms with Crippen LogP contribution in [0.5, 0.6) is 0 Å². The van der Waals surface area contributed by atoms with E-state index in [-0.39, 0.29) is 6.04 Å². The highest BCUT2D eigenvalue weighted by atomic mass is 14.7. The fourth-order valence-electron chi connectivity index (χ4n) is 2.13. The van der Waals surface area contributed by atoms with Crippen LogP contribution in [-0.4, -0.2) is 0 Å². The van der Waals surface area contributed by atoms with Crippen molar-refractivity contribution in [3.63, 3.8) is 0 Å². The van der Waals surface area contributed by atoms with Gasteiger partial charge in [-0.25, -0.2) is 0 Å². The Bertz CT molecular complexity index is 369. The smallest absolute Gasteiger partial charge is 0.0499 e. The van der Waals surface area contributed by atoms with Gasteiger partial charge in [0.25, 0.3) is 0 Å². The van der Waals surface area contributed by atoms with Crippen molar-refractivity contribution in [3.05, 3.63) is 41.5 Å². The zero-order valence-electron chi connectivity index (χ0n) is 8.29. The molecule has 2 nitrogen and oxygen atoms in total. The minimum absolute atomic E-state index is 0.138. The van der Waals surface area contributed by atoms with Crippen molar-refractivity contribution < 1.29 is 0 Å².